The third-order valence-electron chi connectivity index (χ3n) is 5.84. The summed E-state index contributed by atoms with van der Waals surface area (Å²) in [5.74, 6) is 1.08. The number of pyridine rings is 1. The van der Waals surface area contributed by atoms with Crippen molar-refractivity contribution in [2.75, 3.05) is 0 Å². The zero-order valence-electron chi connectivity index (χ0n) is 18.3. The number of rotatable bonds is 4. The number of halogens is 3. The van der Waals surface area contributed by atoms with Gasteiger partial charge in [0.05, 0.1) is 17.6 Å². The molecular weight excluding hydrogens is 445 g/mol. The van der Waals surface area contributed by atoms with E-state index in [0.717, 1.165) is 42.1 Å². The van der Waals surface area contributed by atoms with Gasteiger partial charge < -0.3 is 9.55 Å². The molecule has 5 rings (SSSR count). The summed E-state index contributed by atoms with van der Waals surface area (Å²) in [4.78, 5) is 24.0. The first kappa shape index (κ1) is 21.9. The highest BCUT2D eigenvalue weighted by Crippen LogP contribution is 2.35. The number of nitrogens with zero attached hydrogens (tertiary/aromatic N) is 5. The van der Waals surface area contributed by atoms with Crippen molar-refractivity contribution in [3.63, 3.8) is 0 Å². The number of alkyl halides is 3. The number of aromatic nitrogens is 6. The SMILES string of the molecule is Cc1cn(-c2ccc(/C=C/c3nc4n(n3)CCC[C@H]4c3ccc(C(F)(F)F)cc3)[nH]c2=O)cn1. The lowest BCUT2D eigenvalue weighted by Crippen LogP contribution is -2.18. The smallest absolute Gasteiger partial charge is 0.321 e. The highest BCUT2D eigenvalue weighted by Gasteiger charge is 2.31. The monoisotopic (exact) mass is 466 g/mol. The van der Waals surface area contributed by atoms with Gasteiger partial charge in [0.15, 0.2) is 5.82 Å². The average molecular weight is 466 g/mol. The molecule has 0 fully saturated rings. The molecule has 1 aliphatic heterocycles. The Morgan fingerprint density at radius 3 is 2.59 bits per heavy atom. The summed E-state index contributed by atoms with van der Waals surface area (Å²) in [6, 6.07) is 8.74. The Kier molecular flexibility index (Phi) is 5.43. The maximum absolute atomic E-state index is 12.9. The summed E-state index contributed by atoms with van der Waals surface area (Å²) in [5, 5.41) is 4.52. The Morgan fingerprint density at radius 2 is 1.91 bits per heavy atom. The molecule has 34 heavy (non-hydrogen) atoms. The van der Waals surface area contributed by atoms with Crippen LogP contribution in [-0.2, 0) is 12.7 Å². The summed E-state index contributed by atoms with van der Waals surface area (Å²) in [6.07, 6.45) is 4.07. The minimum atomic E-state index is -4.36. The second-order valence-electron chi connectivity index (χ2n) is 8.25. The number of H-pyrrole nitrogens is 1. The molecule has 174 valence electrons. The lowest BCUT2D eigenvalue weighted by Gasteiger charge is -2.22. The van der Waals surface area contributed by atoms with Gasteiger partial charge in [-0.25, -0.2) is 14.6 Å². The number of imidazole rings is 1. The zero-order chi connectivity index (χ0) is 23.9. The molecule has 1 aliphatic rings. The molecule has 1 N–H and O–H groups in total. The summed E-state index contributed by atoms with van der Waals surface area (Å²) in [5.41, 5.74) is 1.74. The van der Waals surface area contributed by atoms with Crippen molar-refractivity contribution >= 4 is 12.2 Å². The first-order valence-corrected chi connectivity index (χ1v) is 10.8. The Labute approximate surface area is 192 Å². The number of benzene rings is 1. The van der Waals surface area contributed by atoms with Crippen molar-refractivity contribution in [1.82, 2.24) is 29.3 Å². The number of hydrogen-bond donors (Lipinski definition) is 1. The normalized spacial score (nSPS) is 16.2. The van der Waals surface area contributed by atoms with E-state index in [4.69, 9.17) is 0 Å². The fourth-order valence-electron chi connectivity index (χ4n) is 4.16. The molecule has 4 heterocycles. The van der Waals surface area contributed by atoms with Crippen molar-refractivity contribution in [3.8, 4) is 5.69 Å². The lowest BCUT2D eigenvalue weighted by molar-refractivity contribution is -0.137. The van der Waals surface area contributed by atoms with Gasteiger partial charge in [-0.1, -0.05) is 12.1 Å². The van der Waals surface area contributed by atoms with E-state index in [9.17, 15) is 18.0 Å². The number of aromatic amines is 1. The van der Waals surface area contributed by atoms with Crippen LogP contribution >= 0.6 is 0 Å². The molecular formula is C24H21F3N6O. The molecule has 10 heteroatoms. The first-order valence-electron chi connectivity index (χ1n) is 10.8. The van der Waals surface area contributed by atoms with E-state index in [2.05, 4.69) is 20.1 Å². The first-order chi connectivity index (χ1) is 16.3. The highest BCUT2D eigenvalue weighted by molar-refractivity contribution is 5.64. The van der Waals surface area contributed by atoms with Crippen molar-refractivity contribution < 1.29 is 13.2 Å². The second-order valence-corrected chi connectivity index (χ2v) is 8.25. The molecule has 0 saturated heterocycles. The van der Waals surface area contributed by atoms with Gasteiger partial charge in [-0.15, -0.1) is 0 Å². The molecule has 4 aromatic rings. The minimum absolute atomic E-state index is 0.122. The minimum Gasteiger partial charge on any atom is -0.321 e. The third kappa shape index (κ3) is 4.30. The largest absolute Gasteiger partial charge is 0.416 e. The number of fused-ring (bicyclic) bond motifs is 1. The van der Waals surface area contributed by atoms with Crippen molar-refractivity contribution in [1.29, 1.82) is 0 Å². The Hall–Kier alpha value is -3.95. The van der Waals surface area contributed by atoms with Gasteiger partial charge in [0, 0.05) is 24.4 Å². The molecule has 0 spiro atoms. The number of aryl methyl sites for hydroxylation is 2. The van der Waals surface area contributed by atoms with E-state index in [0.29, 0.717) is 23.8 Å². The van der Waals surface area contributed by atoms with Crippen LogP contribution in [0.2, 0.25) is 0 Å². The van der Waals surface area contributed by atoms with E-state index < -0.39 is 11.7 Å². The van der Waals surface area contributed by atoms with E-state index in [1.807, 2.05) is 6.92 Å². The Morgan fingerprint density at radius 1 is 1.12 bits per heavy atom. The molecule has 0 radical (unpaired) electrons. The number of nitrogens with one attached hydrogen (secondary N) is 1. The van der Waals surface area contributed by atoms with Crippen molar-refractivity contribution in [2.45, 2.75) is 38.4 Å². The van der Waals surface area contributed by atoms with Gasteiger partial charge >= 0.3 is 6.18 Å². The van der Waals surface area contributed by atoms with Crippen LogP contribution in [0.5, 0.6) is 0 Å². The van der Waals surface area contributed by atoms with Crippen LogP contribution in [0.15, 0.2) is 53.7 Å². The summed E-state index contributed by atoms with van der Waals surface area (Å²) >= 11 is 0. The molecule has 0 aliphatic carbocycles. The van der Waals surface area contributed by atoms with Crippen LogP contribution in [0.1, 0.15) is 52.9 Å². The summed E-state index contributed by atoms with van der Waals surface area (Å²) < 4.78 is 42.2. The molecule has 3 aromatic heterocycles. The third-order valence-corrected chi connectivity index (χ3v) is 5.84. The predicted molar refractivity (Wildman–Crippen MR) is 120 cm³/mol. The zero-order valence-corrected chi connectivity index (χ0v) is 18.3. The van der Waals surface area contributed by atoms with Gasteiger partial charge in [-0.3, -0.25) is 4.79 Å². The van der Waals surface area contributed by atoms with Crippen molar-refractivity contribution in [2.24, 2.45) is 0 Å². The van der Waals surface area contributed by atoms with Crippen LogP contribution in [0.3, 0.4) is 0 Å². The fourth-order valence-corrected chi connectivity index (χ4v) is 4.16. The van der Waals surface area contributed by atoms with Crippen LogP contribution in [-0.4, -0.2) is 29.3 Å². The second kappa shape index (κ2) is 8.44. The van der Waals surface area contributed by atoms with Gasteiger partial charge in [0.1, 0.15) is 11.5 Å². The van der Waals surface area contributed by atoms with Gasteiger partial charge in [0.25, 0.3) is 5.56 Å². The van der Waals surface area contributed by atoms with E-state index in [1.165, 1.54) is 12.1 Å². The van der Waals surface area contributed by atoms with Crippen molar-refractivity contribution in [3.05, 3.63) is 93.4 Å². The van der Waals surface area contributed by atoms with Crippen LogP contribution in [0, 0.1) is 6.92 Å². The van der Waals surface area contributed by atoms with Crippen LogP contribution in [0.25, 0.3) is 17.8 Å². The molecule has 0 amide bonds. The van der Waals surface area contributed by atoms with E-state index >= 15 is 0 Å². The maximum atomic E-state index is 12.9. The highest BCUT2D eigenvalue weighted by atomic mass is 19.4. The molecule has 0 saturated carbocycles. The fraction of sp³-hybridized carbons (Fsp3) is 0.250. The molecule has 1 aromatic carbocycles. The molecule has 1 atom stereocenters. The lowest BCUT2D eigenvalue weighted by atomic mass is 9.90. The predicted octanol–water partition coefficient (Wildman–Crippen LogP) is 4.58. The summed E-state index contributed by atoms with van der Waals surface area (Å²) in [6.45, 7) is 2.55. The molecule has 0 unspecified atom stereocenters. The van der Waals surface area contributed by atoms with Gasteiger partial charge in [-0.2, -0.15) is 18.3 Å². The standard InChI is InChI=1S/C24H21F3N6O/c1-15-13-32(14-28-15)20-10-8-18(29-23(20)34)9-11-21-30-22-19(3-2-12-33(22)31-21)16-4-6-17(7-5-16)24(25,26)27/h4-11,13-14,19H,2-3,12H2,1H3,(H,29,34)/b11-9+/t19-/m0/s1. The van der Waals surface area contributed by atoms with Crippen LogP contribution in [0.4, 0.5) is 13.2 Å². The van der Waals surface area contributed by atoms with E-state index in [1.54, 1.807) is 46.1 Å². The molecule has 7 nitrogen and oxygen atoms in total. The summed E-state index contributed by atoms with van der Waals surface area (Å²) in [7, 11) is 0. The van der Waals surface area contributed by atoms with Gasteiger partial charge in [0.2, 0.25) is 0 Å². The topological polar surface area (TPSA) is 81.4 Å². The number of hydrogen-bond acceptors (Lipinski definition) is 4. The maximum Gasteiger partial charge on any atom is 0.416 e. The molecule has 0 bridgehead atoms. The average Bonchev–Trinajstić information content (AvgIpc) is 3.43. The Bertz CT molecular complexity index is 1410. The quantitative estimate of drug-likeness (QED) is 0.478. The van der Waals surface area contributed by atoms with Gasteiger partial charge in [-0.05, 0) is 61.7 Å². The Balaban J connectivity index is 1.37. The van der Waals surface area contributed by atoms with E-state index in [-0.39, 0.29) is 11.5 Å². The van der Waals surface area contributed by atoms with Crippen LogP contribution < -0.4 is 5.56 Å².